The Bertz CT molecular complexity index is 577. The van der Waals surface area contributed by atoms with Crippen LogP contribution in [0.25, 0.3) is 0 Å². The van der Waals surface area contributed by atoms with Crippen molar-refractivity contribution < 1.29 is 4.52 Å². The molecule has 3 rings (SSSR count). The third-order valence-electron chi connectivity index (χ3n) is 3.76. The second kappa shape index (κ2) is 6.67. The van der Waals surface area contributed by atoms with Gasteiger partial charge in [-0.15, -0.1) is 0 Å². The van der Waals surface area contributed by atoms with Crippen molar-refractivity contribution in [2.75, 3.05) is 11.9 Å². The lowest BCUT2D eigenvalue weighted by Crippen LogP contribution is -2.21. The molecule has 0 bridgehead atoms. The number of rotatable bonds is 6. The maximum Gasteiger partial charge on any atom is 0.156 e. The van der Waals surface area contributed by atoms with E-state index in [9.17, 15) is 0 Å². The third-order valence-corrected chi connectivity index (χ3v) is 3.76. The Kier molecular flexibility index (Phi) is 4.45. The standard InChI is InChI=1S/C15H21N5O/c1-11-7-14(21-20-11)9-17-15-8-13(18-10-19-15)5-4-12-3-2-6-16-12/h7-8,10,12,16H,2-6,9H2,1H3,(H,17,18,19)/t12-/m1/s1. The molecule has 1 saturated heterocycles. The predicted octanol–water partition coefficient (Wildman–Crippen LogP) is 2.07. The van der Waals surface area contributed by atoms with Crippen LogP contribution in [0.3, 0.4) is 0 Å². The molecule has 0 spiro atoms. The highest BCUT2D eigenvalue weighted by molar-refractivity contribution is 5.35. The average Bonchev–Trinajstić information content (AvgIpc) is 3.15. The number of hydrogen-bond acceptors (Lipinski definition) is 6. The molecule has 6 heteroatoms. The molecule has 6 nitrogen and oxygen atoms in total. The molecule has 1 fully saturated rings. The monoisotopic (exact) mass is 287 g/mol. The fourth-order valence-corrected chi connectivity index (χ4v) is 2.63. The quantitative estimate of drug-likeness (QED) is 0.847. The fourth-order valence-electron chi connectivity index (χ4n) is 2.63. The minimum Gasteiger partial charge on any atom is -0.363 e. The van der Waals surface area contributed by atoms with E-state index in [2.05, 4.69) is 25.8 Å². The van der Waals surface area contributed by atoms with Crippen LogP contribution < -0.4 is 10.6 Å². The Hall–Kier alpha value is -1.95. The minimum absolute atomic E-state index is 0.585. The van der Waals surface area contributed by atoms with E-state index in [1.807, 2.05) is 19.1 Å². The first-order valence-electron chi connectivity index (χ1n) is 7.50. The van der Waals surface area contributed by atoms with Crippen molar-refractivity contribution in [2.45, 2.75) is 45.2 Å². The van der Waals surface area contributed by atoms with Gasteiger partial charge in [0.2, 0.25) is 0 Å². The van der Waals surface area contributed by atoms with Gasteiger partial charge in [0.05, 0.1) is 12.2 Å². The maximum absolute atomic E-state index is 5.17. The second-order valence-corrected chi connectivity index (χ2v) is 5.51. The lowest BCUT2D eigenvalue weighted by atomic mass is 10.1. The van der Waals surface area contributed by atoms with Crippen molar-refractivity contribution >= 4 is 5.82 Å². The van der Waals surface area contributed by atoms with E-state index in [-0.39, 0.29) is 0 Å². The lowest BCUT2D eigenvalue weighted by molar-refractivity contribution is 0.384. The van der Waals surface area contributed by atoms with Crippen LogP contribution in [0.1, 0.15) is 36.4 Å². The highest BCUT2D eigenvalue weighted by Crippen LogP contribution is 2.13. The number of aryl methyl sites for hydroxylation is 2. The van der Waals surface area contributed by atoms with Gasteiger partial charge >= 0.3 is 0 Å². The summed E-state index contributed by atoms with van der Waals surface area (Å²) in [4.78, 5) is 8.59. The summed E-state index contributed by atoms with van der Waals surface area (Å²) >= 11 is 0. The molecule has 3 heterocycles. The molecule has 1 atom stereocenters. The molecule has 0 unspecified atom stereocenters. The van der Waals surface area contributed by atoms with Crippen LogP contribution in [-0.2, 0) is 13.0 Å². The molecule has 0 saturated carbocycles. The summed E-state index contributed by atoms with van der Waals surface area (Å²) in [5.74, 6) is 1.64. The highest BCUT2D eigenvalue weighted by Gasteiger charge is 2.13. The van der Waals surface area contributed by atoms with Gasteiger partial charge in [0, 0.05) is 23.9 Å². The number of nitrogens with one attached hydrogen (secondary N) is 2. The zero-order valence-corrected chi connectivity index (χ0v) is 12.3. The van der Waals surface area contributed by atoms with E-state index in [1.165, 1.54) is 12.8 Å². The molecule has 21 heavy (non-hydrogen) atoms. The first kappa shape index (κ1) is 14.0. The lowest BCUT2D eigenvalue weighted by Gasteiger charge is -2.10. The largest absolute Gasteiger partial charge is 0.363 e. The number of anilines is 1. The van der Waals surface area contributed by atoms with Gasteiger partial charge < -0.3 is 15.2 Å². The Balaban J connectivity index is 1.52. The zero-order chi connectivity index (χ0) is 14.5. The SMILES string of the molecule is Cc1cc(CNc2cc(CC[C@H]3CCCN3)ncn2)on1. The molecular formula is C15H21N5O. The average molecular weight is 287 g/mol. The molecule has 112 valence electrons. The van der Waals surface area contributed by atoms with Crippen molar-refractivity contribution in [3.8, 4) is 0 Å². The molecule has 2 aromatic rings. The number of hydrogen-bond donors (Lipinski definition) is 2. The fraction of sp³-hybridized carbons (Fsp3) is 0.533. The molecule has 0 aliphatic carbocycles. The normalized spacial score (nSPS) is 18.0. The van der Waals surface area contributed by atoms with Gasteiger partial charge in [0.25, 0.3) is 0 Å². The minimum atomic E-state index is 0.585. The smallest absolute Gasteiger partial charge is 0.156 e. The topological polar surface area (TPSA) is 75.9 Å². The van der Waals surface area contributed by atoms with Crippen molar-refractivity contribution in [3.63, 3.8) is 0 Å². The van der Waals surface area contributed by atoms with Crippen molar-refractivity contribution in [1.82, 2.24) is 20.4 Å². The molecule has 1 aliphatic heterocycles. The van der Waals surface area contributed by atoms with E-state index in [4.69, 9.17) is 4.52 Å². The second-order valence-electron chi connectivity index (χ2n) is 5.51. The molecule has 0 amide bonds. The summed E-state index contributed by atoms with van der Waals surface area (Å²) in [5, 5.41) is 10.6. The summed E-state index contributed by atoms with van der Waals surface area (Å²) in [6.07, 6.45) is 6.30. The van der Waals surface area contributed by atoms with Crippen LogP contribution in [-0.4, -0.2) is 27.7 Å². The van der Waals surface area contributed by atoms with Gasteiger partial charge in [-0.05, 0) is 39.2 Å². The van der Waals surface area contributed by atoms with Gasteiger partial charge in [-0.25, -0.2) is 9.97 Å². The van der Waals surface area contributed by atoms with Crippen LogP contribution in [0.4, 0.5) is 5.82 Å². The summed E-state index contributed by atoms with van der Waals surface area (Å²) < 4.78 is 5.17. The van der Waals surface area contributed by atoms with E-state index in [0.717, 1.165) is 42.4 Å². The van der Waals surface area contributed by atoms with Crippen LogP contribution >= 0.6 is 0 Å². The number of aromatic nitrogens is 3. The van der Waals surface area contributed by atoms with E-state index in [0.29, 0.717) is 12.6 Å². The van der Waals surface area contributed by atoms with Crippen molar-refractivity contribution in [1.29, 1.82) is 0 Å². The Morgan fingerprint density at radius 3 is 3.10 bits per heavy atom. The van der Waals surface area contributed by atoms with Crippen LogP contribution in [0.5, 0.6) is 0 Å². The van der Waals surface area contributed by atoms with Gasteiger partial charge in [-0.2, -0.15) is 0 Å². The van der Waals surface area contributed by atoms with E-state index in [1.54, 1.807) is 6.33 Å². The van der Waals surface area contributed by atoms with E-state index < -0.39 is 0 Å². The summed E-state index contributed by atoms with van der Waals surface area (Å²) in [5.41, 5.74) is 1.97. The molecule has 2 aromatic heterocycles. The Morgan fingerprint density at radius 2 is 2.33 bits per heavy atom. The highest BCUT2D eigenvalue weighted by atomic mass is 16.5. The summed E-state index contributed by atoms with van der Waals surface area (Å²) in [6.45, 7) is 3.65. The van der Waals surface area contributed by atoms with Gasteiger partial charge in [0.15, 0.2) is 5.76 Å². The van der Waals surface area contributed by atoms with E-state index >= 15 is 0 Å². The van der Waals surface area contributed by atoms with Crippen LogP contribution in [0, 0.1) is 6.92 Å². The van der Waals surface area contributed by atoms with Gasteiger partial charge in [-0.3, -0.25) is 0 Å². The summed E-state index contributed by atoms with van der Waals surface area (Å²) in [7, 11) is 0. The molecule has 1 aliphatic rings. The molecule has 0 aromatic carbocycles. The van der Waals surface area contributed by atoms with Gasteiger partial charge in [0.1, 0.15) is 12.1 Å². The predicted molar refractivity (Wildman–Crippen MR) is 79.9 cm³/mol. The van der Waals surface area contributed by atoms with Crippen molar-refractivity contribution in [3.05, 3.63) is 35.6 Å². The maximum atomic E-state index is 5.17. The van der Waals surface area contributed by atoms with Crippen molar-refractivity contribution in [2.24, 2.45) is 0 Å². The van der Waals surface area contributed by atoms with Gasteiger partial charge in [-0.1, -0.05) is 5.16 Å². The molecule has 0 radical (unpaired) electrons. The first-order valence-corrected chi connectivity index (χ1v) is 7.50. The molecule has 2 N–H and O–H groups in total. The number of nitrogens with zero attached hydrogens (tertiary/aromatic N) is 3. The third kappa shape index (κ3) is 4.01. The van der Waals surface area contributed by atoms with Crippen LogP contribution in [0.15, 0.2) is 23.0 Å². The Morgan fingerprint density at radius 1 is 1.38 bits per heavy atom. The zero-order valence-electron chi connectivity index (χ0n) is 12.3. The Labute approximate surface area is 124 Å². The first-order chi connectivity index (χ1) is 10.3. The van der Waals surface area contributed by atoms with Crippen LogP contribution in [0.2, 0.25) is 0 Å². The summed E-state index contributed by atoms with van der Waals surface area (Å²) in [6, 6.07) is 4.58. The molecular weight excluding hydrogens is 266 g/mol.